The van der Waals surface area contributed by atoms with Crippen LogP contribution in [0.1, 0.15) is 131 Å². The number of fused-ring (bicyclic) bond motifs is 2. The summed E-state index contributed by atoms with van der Waals surface area (Å²) in [6.07, 6.45) is 4.70. The third kappa shape index (κ3) is 23.7. The third-order valence-electron chi connectivity index (χ3n) is 6.55. The van der Waals surface area contributed by atoms with Gasteiger partial charge in [0.1, 0.15) is 0 Å². The molecule has 2 aliphatic rings. The van der Waals surface area contributed by atoms with E-state index in [4.69, 9.17) is 0 Å². The van der Waals surface area contributed by atoms with Crippen LogP contribution in [0, 0.1) is 42.4 Å². The molecule has 2 aliphatic carbocycles. The van der Waals surface area contributed by atoms with Gasteiger partial charge in [0.25, 0.3) is 0 Å². The van der Waals surface area contributed by atoms with Gasteiger partial charge in [-0.05, 0) is 72.1 Å². The molecule has 0 N–H and O–H groups in total. The van der Waals surface area contributed by atoms with Gasteiger partial charge in [-0.3, -0.25) is 0 Å². The quantitative estimate of drug-likeness (QED) is 0.159. The Hall–Kier alpha value is -1.62. The molecule has 0 heterocycles. The number of alkyl halides is 4. The molecule has 0 spiro atoms. The van der Waals surface area contributed by atoms with Gasteiger partial charge in [-0.25, -0.2) is 0 Å². The Bertz CT molecular complexity index is 1040. The predicted octanol–water partition coefficient (Wildman–Crippen LogP) is 12.6. The SMILES string of the molecule is C.CC.CCC(C)(C)C.CCC(C)C.FC1(F)C#Cc2ccccc2CCC1.FC1(F)C#Cc2ccccc2CCC1.[CH3-].[Y]. The molecule has 0 amide bonds. The molecule has 44 heavy (non-hydrogen) atoms. The van der Waals surface area contributed by atoms with Crippen LogP contribution in [0.5, 0.6) is 0 Å². The van der Waals surface area contributed by atoms with Crippen molar-refractivity contribution in [2.45, 2.75) is 133 Å². The minimum absolute atomic E-state index is 0. The van der Waals surface area contributed by atoms with E-state index >= 15 is 0 Å². The molecule has 0 atom stereocenters. The van der Waals surface area contributed by atoms with Gasteiger partial charge in [-0.15, -0.1) is 0 Å². The van der Waals surface area contributed by atoms with Crippen molar-refractivity contribution in [2.24, 2.45) is 11.3 Å². The summed E-state index contributed by atoms with van der Waals surface area (Å²) in [5, 5.41) is 0. The number of halogens is 4. The van der Waals surface area contributed by atoms with Crippen LogP contribution in [0.15, 0.2) is 48.5 Å². The zero-order valence-corrected chi connectivity index (χ0v) is 31.3. The number of rotatable bonds is 1. The van der Waals surface area contributed by atoms with E-state index in [2.05, 4.69) is 60.3 Å². The van der Waals surface area contributed by atoms with Gasteiger partial charge in [0, 0.05) is 56.7 Å². The van der Waals surface area contributed by atoms with E-state index in [1.54, 1.807) is 12.1 Å². The second-order valence-electron chi connectivity index (χ2n) is 11.6. The van der Waals surface area contributed by atoms with Gasteiger partial charge < -0.3 is 7.43 Å². The summed E-state index contributed by atoms with van der Waals surface area (Å²) in [5.74, 6) is 4.44. The van der Waals surface area contributed by atoms with Gasteiger partial charge in [0.05, 0.1) is 0 Å². The van der Waals surface area contributed by atoms with Crippen LogP contribution >= 0.6 is 0 Å². The Kier molecular flexibility index (Phi) is 28.6. The largest absolute Gasteiger partial charge is 0.358 e. The average Bonchev–Trinajstić information content (AvgIpc) is 2.92. The Balaban J connectivity index is -0.000000252. The van der Waals surface area contributed by atoms with Crippen LogP contribution < -0.4 is 0 Å². The van der Waals surface area contributed by atoms with E-state index in [-0.39, 0.29) is 60.4 Å². The Morgan fingerprint density at radius 2 is 1.02 bits per heavy atom. The van der Waals surface area contributed by atoms with Crippen molar-refractivity contribution in [1.82, 2.24) is 0 Å². The summed E-state index contributed by atoms with van der Waals surface area (Å²) in [6.45, 7) is 19.6. The molecule has 0 aromatic heterocycles. The molecule has 0 saturated heterocycles. The molecular formula is C39H59F4Y-. The molecule has 0 saturated carbocycles. The van der Waals surface area contributed by atoms with Crippen molar-refractivity contribution in [3.63, 3.8) is 0 Å². The minimum atomic E-state index is -2.81. The number of hydrogen-bond donors (Lipinski definition) is 0. The van der Waals surface area contributed by atoms with Crippen molar-refractivity contribution in [3.8, 4) is 23.7 Å². The zero-order valence-electron chi connectivity index (χ0n) is 28.4. The minimum Gasteiger partial charge on any atom is -0.358 e. The maximum absolute atomic E-state index is 13.0. The summed E-state index contributed by atoms with van der Waals surface area (Å²) in [5.41, 5.74) is 4.18. The van der Waals surface area contributed by atoms with Crippen LogP contribution in [0.4, 0.5) is 17.6 Å². The number of benzene rings is 2. The first-order valence-corrected chi connectivity index (χ1v) is 15.2. The second-order valence-corrected chi connectivity index (χ2v) is 11.6. The van der Waals surface area contributed by atoms with Gasteiger partial charge in [0.15, 0.2) is 0 Å². The smallest absolute Gasteiger partial charge is 0.308 e. The van der Waals surface area contributed by atoms with E-state index in [0.717, 1.165) is 28.2 Å². The van der Waals surface area contributed by atoms with Crippen molar-refractivity contribution in [1.29, 1.82) is 0 Å². The molecule has 0 aliphatic heterocycles. The van der Waals surface area contributed by atoms with Crippen molar-refractivity contribution in [2.75, 3.05) is 0 Å². The fraction of sp³-hybridized carbons (Fsp3) is 0.564. The van der Waals surface area contributed by atoms with Gasteiger partial charge in [0.2, 0.25) is 0 Å². The molecule has 4 rings (SSSR count). The first-order chi connectivity index (χ1) is 19.2. The van der Waals surface area contributed by atoms with Crippen LogP contribution in [0.3, 0.4) is 0 Å². The Labute approximate surface area is 294 Å². The molecule has 0 bridgehead atoms. The second kappa shape index (κ2) is 25.6. The standard InChI is InChI=1S/2C12H10F2.C6H14.C5H12.C2H6.CH4.CH3.Y/c2*13-12(14)8-3-6-10-4-1-2-5-11(10)7-9-12;1-5-6(2,3)4;1-4-5(2)3;1-2;;;/h2*1-2,4-5H,3,6,8H2;5H2,1-4H3;5H,4H2,1-3H3;1-2H3;1H4;1H3;/q;;;;;;-1;. The number of hydrogen-bond acceptors (Lipinski definition) is 0. The average molecular weight is 693 g/mol. The van der Waals surface area contributed by atoms with Crippen LogP contribution in [-0.2, 0) is 45.6 Å². The fourth-order valence-corrected chi connectivity index (χ4v) is 3.16. The van der Waals surface area contributed by atoms with Gasteiger partial charge >= 0.3 is 11.8 Å². The predicted molar refractivity (Wildman–Crippen MR) is 182 cm³/mol. The molecule has 5 heteroatoms. The van der Waals surface area contributed by atoms with Crippen LogP contribution in [-0.4, -0.2) is 11.8 Å². The fourth-order valence-electron chi connectivity index (χ4n) is 3.16. The van der Waals surface area contributed by atoms with E-state index in [0.29, 0.717) is 31.1 Å². The van der Waals surface area contributed by atoms with E-state index < -0.39 is 11.8 Å². The molecule has 1 radical (unpaired) electrons. The topological polar surface area (TPSA) is 0 Å². The zero-order chi connectivity index (χ0) is 31.5. The molecular weight excluding hydrogens is 633 g/mol. The van der Waals surface area contributed by atoms with Gasteiger partial charge in [-0.2, -0.15) is 17.6 Å². The first-order valence-electron chi connectivity index (χ1n) is 15.2. The van der Waals surface area contributed by atoms with Crippen molar-refractivity contribution in [3.05, 3.63) is 78.2 Å². The maximum Gasteiger partial charge on any atom is 0.308 e. The van der Waals surface area contributed by atoms with Crippen molar-refractivity contribution >= 4 is 0 Å². The Morgan fingerprint density at radius 3 is 1.30 bits per heavy atom. The number of aryl methyl sites for hydroxylation is 2. The van der Waals surface area contributed by atoms with E-state index in [9.17, 15) is 17.6 Å². The van der Waals surface area contributed by atoms with E-state index in [1.165, 1.54) is 12.8 Å². The Morgan fingerprint density at radius 1 is 0.727 bits per heavy atom. The first kappa shape index (κ1) is 49.3. The molecule has 0 fully saturated rings. The van der Waals surface area contributed by atoms with Crippen molar-refractivity contribution < 1.29 is 50.3 Å². The monoisotopic (exact) mass is 692 g/mol. The summed E-state index contributed by atoms with van der Waals surface area (Å²) in [7, 11) is 0. The third-order valence-corrected chi connectivity index (χ3v) is 6.55. The molecule has 2 aromatic carbocycles. The summed E-state index contributed by atoms with van der Waals surface area (Å²) in [6, 6.07) is 15.0. The summed E-state index contributed by atoms with van der Waals surface area (Å²) in [4.78, 5) is 0. The summed E-state index contributed by atoms with van der Waals surface area (Å²) >= 11 is 0. The maximum atomic E-state index is 13.0. The molecule has 2 aromatic rings. The van der Waals surface area contributed by atoms with Crippen LogP contribution in [0.2, 0.25) is 0 Å². The summed E-state index contributed by atoms with van der Waals surface area (Å²) < 4.78 is 51.9. The molecule has 0 nitrogen and oxygen atoms in total. The molecule has 247 valence electrons. The van der Waals surface area contributed by atoms with E-state index in [1.807, 2.05) is 62.1 Å². The van der Waals surface area contributed by atoms with Crippen LogP contribution in [0.25, 0.3) is 0 Å². The van der Waals surface area contributed by atoms with Gasteiger partial charge in [-0.1, -0.05) is 131 Å². The molecule has 0 unspecified atom stereocenters. The normalized spacial score (nSPS) is 14.6.